The molecule has 0 N–H and O–H groups in total. The fraction of sp³-hybridized carbons (Fsp3) is 0.154. The van der Waals surface area contributed by atoms with Crippen LogP contribution in [0.15, 0.2) is 24.3 Å². The lowest BCUT2D eigenvalue weighted by atomic mass is 10.2. The number of ether oxygens (including phenoxy) is 2. The molecule has 1 aromatic heterocycles. The van der Waals surface area contributed by atoms with Gasteiger partial charge in [0.25, 0.3) is 0 Å². The molecule has 0 amide bonds. The normalized spacial score (nSPS) is 9.42. The van der Waals surface area contributed by atoms with Gasteiger partial charge in [-0.2, -0.15) is 15.0 Å². The van der Waals surface area contributed by atoms with Crippen LogP contribution in [0.3, 0.4) is 0 Å². The summed E-state index contributed by atoms with van der Waals surface area (Å²) in [5, 5.41) is 0.0471. The number of nitrogens with zero attached hydrogens (tertiary/aromatic N) is 3. The van der Waals surface area contributed by atoms with E-state index in [1.54, 1.807) is 7.11 Å². The molecule has 0 bridgehead atoms. The van der Waals surface area contributed by atoms with Crippen LogP contribution in [-0.4, -0.2) is 29.2 Å². The Morgan fingerprint density at radius 1 is 0.947 bits per heavy atom. The highest BCUT2D eigenvalue weighted by Gasteiger charge is 2.02. The zero-order valence-electron chi connectivity index (χ0n) is 10.3. The molecule has 0 radical (unpaired) electrons. The lowest BCUT2D eigenvalue weighted by Gasteiger charge is -1.98. The van der Waals surface area contributed by atoms with E-state index in [1.165, 1.54) is 7.11 Å². The van der Waals surface area contributed by atoms with Gasteiger partial charge in [-0.1, -0.05) is 5.92 Å². The van der Waals surface area contributed by atoms with Crippen molar-refractivity contribution in [3.05, 3.63) is 40.9 Å². The van der Waals surface area contributed by atoms with Gasteiger partial charge in [-0.05, 0) is 41.8 Å². The van der Waals surface area contributed by atoms with Crippen LogP contribution in [0.2, 0.25) is 5.28 Å². The second-order valence-electron chi connectivity index (χ2n) is 3.39. The van der Waals surface area contributed by atoms with E-state index in [9.17, 15) is 0 Å². The maximum atomic E-state index is 5.72. The van der Waals surface area contributed by atoms with Crippen LogP contribution in [0, 0.1) is 11.8 Å². The number of benzene rings is 1. The Morgan fingerprint density at radius 3 is 2.32 bits per heavy atom. The first kappa shape index (κ1) is 13.1. The highest BCUT2D eigenvalue weighted by molar-refractivity contribution is 6.28. The van der Waals surface area contributed by atoms with Gasteiger partial charge in [0.2, 0.25) is 11.1 Å². The summed E-state index contributed by atoms with van der Waals surface area (Å²) in [7, 11) is 3.06. The minimum absolute atomic E-state index is 0.0471. The van der Waals surface area contributed by atoms with E-state index in [0.717, 1.165) is 11.3 Å². The molecule has 6 heteroatoms. The van der Waals surface area contributed by atoms with Crippen LogP contribution >= 0.6 is 11.6 Å². The van der Waals surface area contributed by atoms with Crippen LogP contribution in [0.1, 0.15) is 11.4 Å². The quantitative estimate of drug-likeness (QED) is 0.784. The first-order chi connectivity index (χ1) is 9.21. The molecular formula is C13H10ClN3O2. The number of rotatable bonds is 2. The van der Waals surface area contributed by atoms with Crippen molar-refractivity contribution in [3.63, 3.8) is 0 Å². The first-order valence-electron chi connectivity index (χ1n) is 5.33. The van der Waals surface area contributed by atoms with Crippen molar-refractivity contribution in [2.45, 2.75) is 0 Å². The summed E-state index contributed by atoms with van der Waals surface area (Å²) in [5.74, 6) is 6.75. The molecule has 96 valence electrons. The zero-order valence-corrected chi connectivity index (χ0v) is 11.1. The Morgan fingerprint density at radius 2 is 1.68 bits per heavy atom. The summed E-state index contributed by atoms with van der Waals surface area (Å²) in [6, 6.07) is 7.47. The van der Waals surface area contributed by atoms with E-state index in [4.69, 9.17) is 21.1 Å². The Bertz CT molecular complexity index is 633. The van der Waals surface area contributed by atoms with Gasteiger partial charge in [0.05, 0.1) is 14.2 Å². The minimum atomic E-state index is 0.0471. The summed E-state index contributed by atoms with van der Waals surface area (Å²) in [6.07, 6.45) is 0. The third-order valence-electron chi connectivity index (χ3n) is 2.18. The molecule has 0 unspecified atom stereocenters. The number of halogens is 1. The van der Waals surface area contributed by atoms with E-state index < -0.39 is 0 Å². The van der Waals surface area contributed by atoms with Gasteiger partial charge in [-0.3, -0.25) is 0 Å². The molecule has 0 aliphatic rings. The molecule has 0 atom stereocenters. The molecule has 2 rings (SSSR count). The summed E-state index contributed by atoms with van der Waals surface area (Å²) < 4.78 is 9.95. The summed E-state index contributed by atoms with van der Waals surface area (Å²) >= 11 is 5.72. The molecule has 1 aromatic carbocycles. The number of hydrogen-bond acceptors (Lipinski definition) is 5. The van der Waals surface area contributed by atoms with Gasteiger partial charge in [0, 0.05) is 5.56 Å². The summed E-state index contributed by atoms with van der Waals surface area (Å²) in [6.45, 7) is 0. The topological polar surface area (TPSA) is 57.1 Å². The average molecular weight is 276 g/mol. The van der Waals surface area contributed by atoms with E-state index in [0.29, 0.717) is 0 Å². The Labute approximate surface area is 115 Å². The van der Waals surface area contributed by atoms with Gasteiger partial charge in [0.15, 0.2) is 0 Å². The first-order valence-corrected chi connectivity index (χ1v) is 5.70. The fourth-order valence-electron chi connectivity index (χ4n) is 1.28. The number of methoxy groups -OCH3 is 2. The maximum absolute atomic E-state index is 5.72. The summed E-state index contributed by atoms with van der Waals surface area (Å²) in [4.78, 5) is 11.6. The molecule has 0 fully saturated rings. The zero-order chi connectivity index (χ0) is 13.7. The van der Waals surface area contributed by atoms with E-state index in [-0.39, 0.29) is 17.1 Å². The lowest BCUT2D eigenvalue weighted by Crippen LogP contribution is -1.98. The van der Waals surface area contributed by atoms with Crippen molar-refractivity contribution in [3.8, 4) is 23.6 Å². The van der Waals surface area contributed by atoms with Crippen LogP contribution in [0.5, 0.6) is 11.8 Å². The van der Waals surface area contributed by atoms with Crippen LogP contribution in [0.25, 0.3) is 0 Å². The minimum Gasteiger partial charge on any atom is -0.497 e. The van der Waals surface area contributed by atoms with E-state index >= 15 is 0 Å². The largest absolute Gasteiger partial charge is 0.497 e. The van der Waals surface area contributed by atoms with E-state index in [1.807, 2.05) is 24.3 Å². The third kappa shape index (κ3) is 3.57. The van der Waals surface area contributed by atoms with Crippen LogP contribution < -0.4 is 9.47 Å². The van der Waals surface area contributed by atoms with Crippen molar-refractivity contribution in [1.29, 1.82) is 0 Å². The highest BCUT2D eigenvalue weighted by atomic mass is 35.5. The predicted octanol–water partition coefficient (Wildman–Crippen LogP) is 1.94. The molecular weight excluding hydrogens is 266 g/mol. The molecule has 0 saturated carbocycles. The van der Waals surface area contributed by atoms with Gasteiger partial charge >= 0.3 is 6.01 Å². The van der Waals surface area contributed by atoms with Gasteiger partial charge in [0.1, 0.15) is 5.75 Å². The van der Waals surface area contributed by atoms with Crippen molar-refractivity contribution in [2.75, 3.05) is 14.2 Å². The van der Waals surface area contributed by atoms with Crippen molar-refractivity contribution in [2.24, 2.45) is 0 Å². The monoisotopic (exact) mass is 275 g/mol. The van der Waals surface area contributed by atoms with E-state index in [2.05, 4.69) is 26.8 Å². The average Bonchev–Trinajstić information content (AvgIpc) is 2.45. The fourth-order valence-corrected chi connectivity index (χ4v) is 1.43. The predicted molar refractivity (Wildman–Crippen MR) is 70.4 cm³/mol. The smallest absolute Gasteiger partial charge is 0.321 e. The van der Waals surface area contributed by atoms with Crippen LogP contribution in [-0.2, 0) is 0 Å². The van der Waals surface area contributed by atoms with Crippen molar-refractivity contribution < 1.29 is 9.47 Å². The number of hydrogen-bond donors (Lipinski definition) is 0. The highest BCUT2D eigenvalue weighted by Crippen LogP contribution is 2.10. The van der Waals surface area contributed by atoms with Gasteiger partial charge < -0.3 is 9.47 Å². The van der Waals surface area contributed by atoms with Crippen molar-refractivity contribution in [1.82, 2.24) is 15.0 Å². The van der Waals surface area contributed by atoms with Gasteiger partial charge in [-0.25, -0.2) is 0 Å². The van der Waals surface area contributed by atoms with Gasteiger partial charge in [-0.15, -0.1) is 0 Å². The molecule has 2 aromatic rings. The molecule has 0 saturated heterocycles. The van der Waals surface area contributed by atoms with Crippen LogP contribution in [0.4, 0.5) is 0 Å². The number of aromatic nitrogens is 3. The maximum Gasteiger partial charge on any atom is 0.321 e. The Balaban J connectivity index is 2.25. The summed E-state index contributed by atoms with van der Waals surface area (Å²) in [5.41, 5.74) is 0.816. The molecule has 0 spiro atoms. The Hall–Kier alpha value is -2.32. The lowest BCUT2D eigenvalue weighted by molar-refractivity contribution is 0.377. The van der Waals surface area contributed by atoms with Crippen molar-refractivity contribution >= 4 is 11.6 Å². The molecule has 19 heavy (non-hydrogen) atoms. The third-order valence-corrected chi connectivity index (χ3v) is 2.35. The second-order valence-corrected chi connectivity index (χ2v) is 3.73. The molecule has 1 heterocycles. The molecule has 5 nitrogen and oxygen atoms in total. The SMILES string of the molecule is COc1ccc(C#Cc2nc(Cl)nc(OC)n2)cc1. The molecule has 0 aliphatic carbocycles. The Kier molecular flexibility index (Phi) is 4.16. The molecule has 0 aliphatic heterocycles. The standard InChI is InChI=1S/C13H10ClN3O2/c1-18-10-6-3-9(4-7-10)5-8-11-15-12(14)17-13(16-11)19-2/h3-4,6-7H,1-2H3. The second kappa shape index (κ2) is 6.03.